The molecule has 2 N–H and O–H groups in total. The molecule has 0 saturated heterocycles. The SMILES string of the molecule is CC(=O)C(=C(C)N)c1cnc2c(-c3ccc(C)cc3)cn(CC3CCCCC3)c2c1. The summed E-state index contributed by atoms with van der Waals surface area (Å²) in [7, 11) is 0. The van der Waals surface area contributed by atoms with Gasteiger partial charge in [-0.2, -0.15) is 0 Å². The number of Topliss-reactive ketones (excluding diaryl/α,β-unsaturated/α-hetero) is 1. The first kappa shape index (κ1) is 20.4. The smallest absolute Gasteiger partial charge is 0.162 e. The number of allylic oxidation sites excluding steroid dienone is 2. The van der Waals surface area contributed by atoms with Crippen LogP contribution in [0.3, 0.4) is 0 Å². The minimum absolute atomic E-state index is 0.0275. The van der Waals surface area contributed by atoms with Crippen LogP contribution in [0.25, 0.3) is 27.7 Å². The van der Waals surface area contributed by atoms with Crippen molar-refractivity contribution in [2.24, 2.45) is 11.7 Å². The van der Waals surface area contributed by atoms with E-state index in [1.165, 1.54) is 43.2 Å². The molecule has 1 aliphatic rings. The molecule has 2 aromatic heterocycles. The van der Waals surface area contributed by atoms with E-state index >= 15 is 0 Å². The lowest BCUT2D eigenvalue weighted by molar-refractivity contribution is -0.111. The Balaban J connectivity index is 1.85. The van der Waals surface area contributed by atoms with Crippen LogP contribution in [0.15, 0.2) is 48.4 Å². The molecule has 3 aromatic rings. The molecule has 0 unspecified atom stereocenters. The third-order valence-electron chi connectivity index (χ3n) is 6.29. The summed E-state index contributed by atoms with van der Waals surface area (Å²) in [6, 6.07) is 10.7. The van der Waals surface area contributed by atoms with Crippen LogP contribution in [0.2, 0.25) is 0 Å². The zero-order valence-electron chi connectivity index (χ0n) is 18.2. The van der Waals surface area contributed by atoms with Gasteiger partial charge in [-0.25, -0.2) is 0 Å². The van der Waals surface area contributed by atoms with Gasteiger partial charge in [-0.15, -0.1) is 0 Å². The highest BCUT2D eigenvalue weighted by atomic mass is 16.1. The Morgan fingerprint density at radius 2 is 1.83 bits per heavy atom. The number of aromatic nitrogens is 2. The minimum atomic E-state index is -0.0275. The number of rotatable bonds is 5. The summed E-state index contributed by atoms with van der Waals surface area (Å²) in [6.45, 7) is 6.44. The average Bonchev–Trinajstić information content (AvgIpc) is 3.07. The zero-order chi connectivity index (χ0) is 21.3. The molecule has 0 spiro atoms. The van der Waals surface area contributed by atoms with Crippen molar-refractivity contribution in [2.75, 3.05) is 0 Å². The average molecular weight is 402 g/mol. The number of ketones is 1. The molecular weight excluding hydrogens is 370 g/mol. The number of hydrogen-bond acceptors (Lipinski definition) is 3. The van der Waals surface area contributed by atoms with E-state index in [2.05, 4.69) is 48.0 Å². The molecule has 1 fully saturated rings. The van der Waals surface area contributed by atoms with Crippen LogP contribution < -0.4 is 5.73 Å². The Bertz CT molecular complexity index is 1100. The summed E-state index contributed by atoms with van der Waals surface area (Å²) in [5.74, 6) is 0.670. The van der Waals surface area contributed by atoms with E-state index < -0.39 is 0 Å². The van der Waals surface area contributed by atoms with E-state index in [9.17, 15) is 4.79 Å². The second-order valence-electron chi connectivity index (χ2n) is 8.77. The molecule has 156 valence electrons. The first-order valence-electron chi connectivity index (χ1n) is 11.0. The van der Waals surface area contributed by atoms with Crippen LogP contribution in [0, 0.1) is 12.8 Å². The van der Waals surface area contributed by atoms with Crippen molar-refractivity contribution in [3.05, 3.63) is 59.5 Å². The highest BCUT2D eigenvalue weighted by Crippen LogP contribution is 2.34. The molecule has 0 aliphatic heterocycles. The third kappa shape index (κ3) is 4.04. The van der Waals surface area contributed by atoms with Crippen LogP contribution in [-0.4, -0.2) is 15.3 Å². The number of pyridine rings is 1. The van der Waals surface area contributed by atoms with Gasteiger partial charge in [-0.3, -0.25) is 9.78 Å². The number of benzene rings is 1. The number of nitrogens with zero attached hydrogens (tertiary/aromatic N) is 2. The largest absolute Gasteiger partial charge is 0.402 e. The monoisotopic (exact) mass is 401 g/mol. The number of hydrogen-bond donors (Lipinski definition) is 1. The molecule has 1 saturated carbocycles. The summed E-state index contributed by atoms with van der Waals surface area (Å²) >= 11 is 0. The van der Waals surface area contributed by atoms with E-state index in [-0.39, 0.29) is 5.78 Å². The molecule has 1 aliphatic carbocycles. The van der Waals surface area contributed by atoms with Gasteiger partial charge < -0.3 is 10.3 Å². The maximum absolute atomic E-state index is 12.2. The standard InChI is InChI=1S/C26H31N3O/c1-17-9-11-21(12-10-17)23-16-29(15-20-7-5-4-6-8-20)24-13-22(14-28-26(23)24)25(18(2)27)19(3)30/h9-14,16,20H,4-8,15,27H2,1-3H3. The maximum Gasteiger partial charge on any atom is 0.162 e. The quantitative estimate of drug-likeness (QED) is 0.544. The number of carbonyl (C=O) groups is 1. The van der Waals surface area contributed by atoms with Crippen molar-refractivity contribution >= 4 is 22.4 Å². The van der Waals surface area contributed by atoms with Gasteiger partial charge in [0, 0.05) is 41.3 Å². The third-order valence-corrected chi connectivity index (χ3v) is 6.29. The summed E-state index contributed by atoms with van der Waals surface area (Å²) in [6.07, 6.45) is 10.6. The second-order valence-corrected chi connectivity index (χ2v) is 8.77. The van der Waals surface area contributed by atoms with E-state index in [0.29, 0.717) is 17.2 Å². The van der Waals surface area contributed by atoms with Crippen LogP contribution >= 0.6 is 0 Å². The lowest BCUT2D eigenvalue weighted by atomic mass is 9.89. The molecule has 4 heteroatoms. The first-order chi connectivity index (χ1) is 14.4. The molecule has 0 amide bonds. The van der Waals surface area contributed by atoms with Crippen molar-refractivity contribution in [1.82, 2.24) is 9.55 Å². The fraction of sp³-hybridized carbons (Fsp3) is 0.385. The van der Waals surface area contributed by atoms with Gasteiger partial charge in [0.1, 0.15) is 0 Å². The van der Waals surface area contributed by atoms with Crippen LogP contribution in [0.4, 0.5) is 0 Å². The van der Waals surface area contributed by atoms with Crippen LogP contribution in [0.5, 0.6) is 0 Å². The molecule has 2 heterocycles. The van der Waals surface area contributed by atoms with Crippen molar-refractivity contribution < 1.29 is 4.79 Å². The highest BCUT2D eigenvalue weighted by molar-refractivity contribution is 6.20. The van der Waals surface area contributed by atoms with E-state index in [4.69, 9.17) is 10.7 Å². The Labute approximate surface area is 178 Å². The molecular formula is C26H31N3O. The number of nitrogens with two attached hydrogens (primary N) is 1. The van der Waals surface area contributed by atoms with Crippen LogP contribution in [0.1, 0.15) is 57.1 Å². The van der Waals surface area contributed by atoms with Gasteiger partial charge >= 0.3 is 0 Å². The molecule has 30 heavy (non-hydrogen) atoms. The van der Waals surface area contributed by atoms with Crippen molar-refractivity contribution in [3.8, 4) is 11.1 Å². The fourth-order valence-electron chi connectivity index (χ4n) is 4.75. The van der Waals surface area contributed by atoms with E-state index in [1.54, 1.807) is 20.0 Å². The summed E-state index contributed by atoms with van der Waals surface area (Å²) in [4.78, 5) is 17.0. The number of fused-ring (bicyclic) bond motifs is 1. The Morgan fingerprint density at radius 1 is 1.13 bits per heavy atom. The zero-order valence-corrected chi connectivity index (χ0v) is 18.2. The first-order valence-corrected chi connectivity index (χ1v) is 11.0. The van der Waals surface area contributed by atoms with Gasteiger partial charge in [-0.05, 0) is 51.2 Å². The molecule has 4 rings (SSSR count). The van der Waals surface area contributed by atoms with Crippen molar-refractivity contribution in [2.45, 2.75) is 59.4 Å². The Kier molecular flexibility index (Phi) is 5.76. The minimum Gasteiger partial charge on any atom is -0.402 e. The van der Waals surface area contributed by atoms with E-state index in [0.717, 1.165) is 28.7 Å². The summed E-state index contributed by atoms with van der Waals surface area (Å²) in [5.41, 5.74) is 13.6. The van der Waals surface area contributed by atoms with Crippen LogP contribution in [-0.2, 0) is 11.3 Å². The predicted octanol–water partition coefficient (Wildman–Crippen LogP) is 5.87. The maximum atomic E-state index is 12.2. The summed E-state index contributed by atoms with van der Waals surface area (Å²) in [5, 5.41) is 0. The molecule has 4 nitrogen and oxygen atoms in total. The molecule has 0 atom stereocenters. The molecule has 0 radical (unpaired) electrons. The molecule has 0 bridgehead atoms. The fourth-order valence-corrected chi connectivity index (χ4v) is 4.75. The van der Waals surface area contributed by atoms with Gasteiger partial charge in [0.05, 0.1) is 11.0 Å². The highest BCUT2D eigenvalue weighted by Gasteiger charge is 2.19. The van der Waals surface area contributed by atoms with Gasteiger partial charge in [0.15, 0.2) is 5.78 Å². The second kappa shape index (κ2) is 8.47. The number of aryl methyl sites for hydroxylation is 1. The normalized spacial score (nSPS) is 16.0. The lowest BCUT2D eigenvalue weighted by Crippen LogP contribution is -2.13. The van der Waals surface area contributed by atoms with Crippen molar-refractivity contribution in [3.63, 3.8) is 0 Å². The van der Waals surface area contributed by atoms with E-state index in [1.807, 2.05) is 0 Å². The Morgan fingerprint density at radius 3 is 2.47 bits per heavy atom. The Hall–Kier alpha value is -2.88. The lowest BCUT2D eigenvalue weighted by Gasteiger charge is -2.22. The predicted molar refractivity (Wildman–Crippen MR) is 124 cm³/mol. The van der Waals surface area contributed by atoms with Gasteiger partial charge in [0.2, 0.25) is 0 Å². The van der Waals surface area contributed by atoms with Gasteiger partial charge in [0.25, 0.3) is 0 Å². The molecule has 1 aromatic carbocycles. The number of carbonyl (C=O) groups excluding carboxylic acids is 1. The van der Waals surface area contributed by atoms with Gasteiger partial charge in [-0.1, -0.05) is 49.1 Å². The van der Waals surface area contributed by atoms with Crippen molar-refractivity contribution in [1.29, 1.82) is 0 Å². The summed E-state index contributed by atoms with van der Waals surface area (Å²) < 4.78 is 2.35. The topological polar surface area (TPSA) is 60.9 Å².